The van der Waals surface area contributed by atoms with Crippen LogP contribution in [0.15, 0.2) is 63.8 Å². The van der Waals surface area contributed by atoms with Crippen LogP contribution in [0.2, 0.25) is 0 Å². The average Bonchev–Trinajstić information content (AvgIpc) is 2.69. The largest absolute Gasteiger partial charge is 0.507 e. The fraction of sp³-hybridized carbons (Fsp3) is 0.125. The fourth-order valence-electron chi connectivity index (χ4n) is 3.53. The highest BCUT2D eigenvalue weighted by Gasteiger charge is 2.17. The normalized spacial score (nSPS) is 11.0. The van der Waals surface area contributed by atoms with Crippen LogP contribution in [0, 0.1) is 6.92 Å². The molecular weight excluding hydrogens is 384 g/mol. The first-order valence-corrected chi connectivity index (χ1v) is 9.31. The van der Waals surface area contributed by atoms with E-state index in [9.17, 15) is 20.1 Å². The molecule has 0 fully saturated rings. The number of phenols is 3. The Hall–Kier alpha value is -3.93. The molecule has 0 saturated carbocycles. The summed E-state index contributed by atoms with van der Waals surface area (Å²) >= 11 is 0. The molecule has 1 heterocycles. The Balaban J connectivity index is 1.92. The molecule has 152 valence electrons. The van der Waals surface area contributed by atoms with Crippen molar-refractivity contribution in [3.05, 3.63) is 81.5 Å². The van der Waals surface area contributed by atoms with Crippen molar-refractivity contribution in [3.63, 3.8) is 0 Å². The molecule has 0 radical (unpaired) electrons. The van der Waals surface area contributed by atoms with E-state index < -0.39 is 5.43 Å². The lowest BCUT2D eigenvalue weighted by molar-refractivity contribution is 0.403. The highest BCUT2D eigenvalue weighted by molar-refractivity contribution is 5.86. The first-order valence-electron chi connectivity index (χ1n) is 9.31. The first kappa shape index (κ1) is 19.4. The second kappa shape index (κ2) is 7.48. The Morgan fingerprint density at radius 1 is 0.933 bits per heavy atom. The number of aryl methyl sites for hydroxylation is 1. The van der Waals surface area contributed by atoms with Crippen LogP contribution in [0.1, 0.15) is 16.7 Å². The van der Waals surface area contributed by atoms with Crippen LogP contribution in [-0.2, 0) is 6.42 Å². The summed E-state index contributed by atoms with van der Waals surface area (Å²) in [7, 11) is 1.44. The summed E-state index contributed by atoms with van der Waals surface area (Å²) < 4.78 is 11.1. The van der Waals surface area contributed by atoms with Gasteiger partial charge in [-0.3, -0.25) is 4.79 Å². The van der Waals surface area contributed by atoms with E-state index >= 15 is 0 Å². The van der Waals surface area contributed by atoms with Gasteiger partial charge in [0.25, 0.3) is 0 Å². The van der Waals surface area contributed by atoms with E-state index in [1.165, 1.54) is 37.4 Å². The molecule has 30 heavy (non-hydrogen) atoms. The monoisotopic (exact) mass is 404 g/mol. The molecule has 1 aromatic heterocycles. The third-order valence-electron chi connectivity index (χ3n) is 4.96. The highest BCUT2D eigenvalue weighted by atomic mass is 16.5. The molecule has 0 spiro atoms. The molecule has 4 aromatic rings. The molecule has 0 saturated heterocycles. The van der Waals surface area contributed by atoms with Crippen LogP contribution < -0.4 is 10.2 Å². The van der Waals surface area contributed by atoms with Gasteiger partial charge in [0.05, 0.1) is 7.11 Å². The standard InChI is InChI=1S/C24H20O6/c1-13-4-3-5-14(6-13)7-15-8-18(25)19(26)11-17(15)22-12-21(28)24-20(27)9-16(29-2)10-23(24)30-22/h3-6,8-12,25-27H,7H2,1-2H3. The molecular formula is C24H20O6. The molecule has 3 aromatic carbocycles. The van der Waals surface area contributed by atoms with E-state index in [0.717, 1.165) is 11.1 Å². The molecule has 6 nitrogen and oxygen atoms in total. The number of fused-ring (bicyclic) bond motifs is 1. The summed E-state index contributed by atoms with van der Waals surface area (Å²) in [5, 5.41) is 30.3. The lowest BCUT2D eigenvalue weighted by Gasteiger charge is -2.13. The number of rotatable bonds is 4. The van der Waals surface area contributed by atoms with Crippen molar-refractivity contribution < 1.29 is 24.5 Å². The molecule has 0 amide bonds. The van der Waals surface area contributed by atoms with Gasteiger partial charge in [0, 0.05) is 23.8 Å². The zero-order valence-electron chi connectivity index (χ0n) is 16.5. The summed E-state index contributed by atoms with van der Waals surface area (Å²) in [5.74, 6) is -0.275. The second-order valence-corrected chi connectivity index (χ2v) is 7.16. The fourth-order valence-corrected chi connectivity index (χ4v) is 3.53. The molecule has 0 bridgehead atoms. The molecule has 3 N–H and O–H groups in total. The second-order valence-electron chi connectivity index (χ2n) is 7.16. The molecule has 0 aliphatic rings. The molecule has 0 aliphatic heterocycles. The van der Waals surface area contributed by atoms with Gasteiger partial charge >= 0.3 is 0 Å². The molecule has 6 heteroatoms. The van der Waals surface area contributed by atoms with E-state index in [4.69, 9.17) is 9.15 Å². The van der Waals surface area contributed by atoms with E-state index in [-0.39, 0.29) is 34.0 Å². The minimum absolute atomic E-state index is 0.0442. The van der Waals surface area contributed by atoms with E-state index in [0.29, 0.717) is 23.3 Å². The van der Waals surface area contributed by atoms with Gasteiger partial charge in [0.2, 0.25) is 0 Å². The first-order chi connectivity index (χ1) is 14.4. The highest BCUT2D eigenvalue weighted by Crippen LogP contribution is 2.37. The zero-order valence-corrected chi connectivity index (χ0v) is 16.5. The van der Waals surface area contributed by atoms with Crippen LogP contribution >= 0.6 is 0 Å². The Bertz CT molecular complexity index is 1320. The number of hydrogen-bond acceptors (Lipinski definition) is 6. The van der Waals surface area contributed by atoms with Gasteiger partial charge in [0.1, 0.15) is 28.2 Å². The lowest BCUT2D eigenvalue weighted by Crippen LogP contribution is -2.02. The Morgan fingerprint density at radius 3 is 2.43 bits per heavy atom. The van der Waals surface area contributed by atoms with Crippen molar-refractivity contribution in [1.29, 1.82) is 0 Å². The maximum absolute atomic E-state index is 12.7. The molecule has 4 rings (SSSR count). The predicted molar refractivity (Wildman–Crippen MR) is 113 cm³/mol. The number of hydrogen-bond donors (Lipinski definition) is 3. The third kappa shape index (κ3) is 3.55. The maximum Gasteiger partial charge on any atom is 0.197 e. The van der Waals surface area contributed by atoms with Crippen molar-refractivity contribution in [2.45, 2.75) is 13.3 Å². The zero-order chi connectivity index (χ0) is 21.4. The molecule has 0 atom stereocenters. The summed E-state index contributed by atoms with van der Waals surface area (Å²) in [6.45, 7) is 1.99. The van der Waals surface area contributed by atoms with Crippen LogP contribution in [0.3, 0.4) is 0 Å². The van der Waals surface area contributed by atoms with Gasteiger partial charge in [0.15, 0.2) is 16.9 Å². The Labute approximate surface area is 172 Å². The van der Waals surface area contributed by atoms with Crippen LogP contribution in [-0.4, -0.2) is 22.4 Å². The van der Waals surface area contributed by atoms with Crippen molar-refractivity contribution in [2.75, 3.05) is 7.11 Å². The van der Waals surface area contributed by atoms with E-state index in [1.54, 1.807) is 0 Å². The summed E-state index contributed by atoms with van der Waals surface area (Å²) in [6.07, 6.45) is 0.454. The Morgan fingerprint density at radius 2 is 1.70 bits per heavy atom. The number of benzene rings is 3. The number of methoxy groups -OCH3 is 1. The van der Waals surface area contributed by atoms with E-state index in [1.807, 2.05) is 31.2 Å². The minimum Gasteiger partial charge on any atom is -0.507 e. The van der Waals surface area contributed by atoms with Gasteiger partial charge in [-0.15, -0.1) is 0 Å². The van der Waals surface area contributed by atoms with Gasteiger partial charge in [-0.1, -0.05) is 29.8 Å². The van der Waals surface area contributed by atoms with Gasteiger partial charge in [-0.2, -0.15) is 0 Å². The number of aromatic hydroxyl groups is 3. The quantitative estimate of drug-likeness (QED) is 0.434. The smallest absolute Gasteiger partial charge is 0.197 e. The van der Waals surface area contributed by atoms with Crippen LogP contribution in [0.4, 0.5) is 0 Å². The third-order valence-corrected chi connectivity index (χ3v) is 4.96. The predicted octanol–water partition coefficient (Wildman–Crippen LogP) is 4.48. The summed E-state index contributed by atoms with van der Waals surface area (Å²) in [6, 6.07) is 14.9. The molecule has 0 aliphatic carbocycles. The Kier molecular flexibility index (Phi) is 4.83. The maximum atomic E-state index is 12.7. The SMILES string of the molecule is COc1cc(O)c2c(=O)cc(-c3cc(O)c(O)cc3Cc3cccc(C)c3)oc2c1. The van der Waals surface area contributed by atoms with Crippen LogP contribution in [0.5, 0.6) is 23.0 Å². The van der Waals surface area contributed by atoms with Gasteiger partial charge in [-0.25, -0.2) is 0 Å². The van der Waals surface area contributed by atoms with Gasteiger partial charge in [-0.05, 0) is 36.6 Å². The lowest BCUT2D eigenvalue weighted by atomic mass is 9.96. The number of ether oxygens (including phenoxy) is 1. The number of phenolic OH excluding ortho intramolecular Hbond substituents is 3. The van der Waals surface area contributed by atoms with Crippen molar-refractivity contribution >= 4 is 11.0 Å². The van der Waals surface area contributed by atoms with Crippen molar-refractivity contribution in [2.24, 2.45) is 0 Å². The van der Waals surface area contributed by atoms with E-state index in [2.05, 4.69) is 0 Å². The minimum atomic E-state index is -0.430. The summed E-state index contributed by atoms with van der Waals surface area (Å²) in [4.78, 5) is 12.7. The van der Waals surface area contributed by atoms with Gasteiger partial charge < -0.3 is 24.5 Å². The summed E-state index contributed by atoms with van der Waals surface area (Å²) in [5.41, 5.74) is 2.96. The average molecular weight is 404 g/mol. The topological polar surface area (TPSA) is 100 Å². The van der Waals surface area contributed by atoms with Crippen molar-refractivity contribution in [3.8, 4) is 34.3 Å². The van der Waals surface area contributed by atoms with Crippen molar-refractivity contribution in [1.82, 2.24) is 0 Å². The molecule has 0 unspecified atom stereocenters. The van der Waals surface area contributed by atoms with Crippen LogP contribution in [0.25, 0.3) is 22.3 Å².